The number of likely N-dealkylation sites (tertiary alicyclic amines) is 1. The maximum Gasteiger partial charge on any atom is 0.410 e. The number of rotatable bonds is 1. The van der Waals surface area contributed by atoms with Crippen molar-refractivity contribution in [2.45, 2.75) is 66.0 Å². The number of hydrogen-bond donors (Lipinski definition) is 1. The van der Waals surface area contributed by atoms with Gasteiger partial charge in [-0.15, -0.1) is 0 Å². The van der Waals surface area contributed by atoms with Crippen LogP contribution in [0.15, 0.2) is 0 Å². The molecule has 1 aliphatic rings. The van der Waals surface area contributed by atoms with Crippen molar-refractivity contribution in [3.8, 4) is 0 Å². The normalized spacial score (nSPS) is 25.3. The quantitative estimate of drug-likeness (QED) is 0.797. The molecule has 112 valence electrons. The number of carbonyl (C=O) groups is 1. The van der Waals surface area contributed by atoms with Crippen molar-refractivity contribution in [1.82, 2.24) is 4.90 Å². The molecule has 2 atom stereocenters. The van der Waals surface area contributed by atoms with Crippen molar-refractivity contribution >= 4 is 6.09 Å². The Hall–Kier alpha value is -0.770. The van der Waals surface area contributed by atoms with Crippen LogP contribution < -0.4 is 0 Å². The van der Waals surface area contributed by atoms with Crippen molar-refractivity contribution in [2.75, 3.05) is 13.2 Å². The van der Waals surface area contributed by atoms with E-state index in [1.807, 2.05) is 20.8 Å². The van der Waals surface area contributed by atoms with E-state index in [4.69, 9.17) is 4.74 Å². The highest BCUT2D eigenvalue weighted by Gasteiger charge is 2.37. The van der Waals surface area contributed by atoms with Gasteiger partial charge in [-0.3, -0.25) is 0 Å². The minimum Gasteiger partial charge on any atom is -0.444 e. The molecule has 1 aliphatic heterocycles. The zero-order valence-electron chi connectivity index (χ0n) is 13.2. The maximum atomic E-state index is 12.2. The molecule has 1 fully saturated rings. The molecule has 4 heteroatoms. The predicted octanol–water partition coefficient (Wildman–Crippen LogP) is 3.04. The lowest BCUT2D eigenvalue weighted by atomic mass is 9.75. The Morgan fingerprint density at radius 2 is 1.79 bits per heavy atom. The molecule has 1 saturated heterocycles. The average molecular weight is 271 g/mol. The number of aliphatic hydroxyl groups excluding tert-OH is 1. The van der Waals surface area contributed by atoms with Gasteiger partial charge in [-0.1, -0.05) is 20.8 Å². The zero-order valence-corrected chi connectivity index (χ0v) is 13.2. The molecule has 0 saturated carbocycles. The van der Waals surface area contributed by atoms with Gasteiger partial charge in [0.25, 0.3) is 0 Å². The number of aliphatic hydroxyl groups is 1. The summed E-state index contributed by atoms with van der Waals surface area (Å²) in [4.78, 5) is 14.0. The van der Waals surface area contributed by atoms with Crippen LogP contribution in [0, 0.1) is 11.3 Å². The van der Waals surface area contributed by atoms with Crippen molar-refractivity contribution in [3.63, 3.8) is 0 Å². The molecule has 2 unspecified atom stereocenters. The van der Waals surface area contributed by atoms with Crippen molar-refractivity contribution in [1.29, 1.82) is 0 Å². The summed E-state index contributed by atoms with van der Waals surface area (Å²) in [6.07, 6.45) is 1.59. The maximum absolute atomic E-state index is 12.2. The van der Waals surface area contributed by atoms with E-state index in [1.165, 1.54) is 0 Å². The summed E-state index contributed by atoms with van der Waals surface area (Å²) in [6, 6.07) is -0.103. The average Bonchev–Trinajstić information content (AvgIpc) is 2.24. The molecule has 0 aromatic rings. The Morgan fingerprint density at radius 3 is 2.21 bits per heavy atom. The summed E-state index contributed by atoms with van der Waals surface area (Å²) in [6.45, 7) is 12.9. The van der Waals surface area contributed by atoms with Crippen LogP contribution in [0.4, 0.5) is 4.79 Å². The molecule has 1 N–H and O–H groups in total. The number of hydrogen-bond acceptors (Lipinski definition) is 3. The molecular formula is C15H29NO3. The van der Waals surface area contributed by atoms with Crippen molar-refractivity contribution in [3.05, 3.63) is 0 Å². The van der Waals surface area contributed by atoms with E-state index in [2.05, 4.69) is 20.8 Å². The SMILES string of the molecule is CC(C)(C)OC(=O)N1CC(C(C)(C)C)CCC1CO. The van der Waals surface area contributed by atoms with Gasteiger partial charge in [0, 0.05) is 6.54 Å². The molecule has 0 aromatic carbocycles. The Kier molecular flexibility index (Phi) is 4.88. The fraction of sp³-hybridized carbons (Fsp3) is 0.933. The van der Waals surface area contributed by atoms with Gasteiger partial charge in [0.2, 0.25) is 0 Å². The molecule has 0 bridgehead atoms. The van der Waals surface area contributed by atoms with Gasteiger partial charge in [0.1, 0.15) is 5.60 Å². The first kappa shape index (κ1) is 16.3. The van der Waals surface area contributed by atoms with Crippen LogP contribution in [0.3, 0.4) is 0 Å². The van der Waals surface area contributed by atoms with E-state index in [0.29, 0.717) is 12.5 Å². The van der Waals surface area contributed by atoms with Crippen molar-refractivity contribution in [2.24, 2.45) is 11.3 Å². The largest absolute Gasteiger partial charge is 0.444 e. The molecule has 0 radical (unpaired) electrons. The van der Waals surface area contributed by atoms with Crippen LogP contribution in [0.1, 0.15) is 54.4 Å². The van der Waals surface area contributed by atoms with Crippen LogP contribution in [0.5, 0.6) is 0 Å². The summed E-state index contributed by atoms with van der Waals surface area (Å²) in [5, 5.41) is 9.45. The molecular weight excluding hydrogens is 242 g/mol. The van der Waals surface area contributed by atoms with Crippen LogP contribution in [-0.2, 0) is 4.74 Å². The van der Waals surface area contributed by atoms with Crippen LogP contribution in [-0.4, -0.2) is 40.9 Å². The minimum atomic E-state index is -0.494. The first-order valence-electron chi connectivity index (χ1n) is 7.15. The summed E-state index contributed by atoms with van der Waals surface area (Å²) in [5.41, 5.74) is -0.327. The number of nitrogens with zero attached hydrogens (tertiary/aromatic N) is 1. The standard InChI is InChI=1S/C15H29NO3/c1-14(2,3)11-7-8-12(10-17)16(9-11)13(18)19-15(4,5)6/h11-12,17H,7-10H2,1-6H3. The molecule has 4 nitrogen and oxygen atoms in total. The van der Waals surface area contributed by atoms with E-state index in [-0.39, 0.29) is 24.2 Å². The predicted molar refractivity (Wildman–Crippen MR) is 76.0 cm³/mol. The Bertz CT molecular complexity index is 314. The third-order valence-electron chi connectivity index (χ3n) is 3.77. The fourth-order valence-electron chi connectivity index (χ4n) is 2.47. The molecule has 0 aromatic heterocycles. The Balaban J connectivity index is 2.78. The van der Waals surface area contributed by atoms with Gasteiger partial charge in [-0.2, -0.15) is 0 Å². The molecule has 0 spiro atoms. The van der Waals surface area contributed by atoms with Gasteiger partial charge in [0.15, 0.2) is 0 Å². The van der Waals surface area contributed by atoms with E-state index < -0.39 is 5.60 Å². The molecule has 1 rings (SSSR count). The smallest absolute Gasteiger partial charge is 0.410 e. The van der Waals surface area contributed by atoms with Gasteiger partial charge < -0.3 is 14.7 Å². The second-order valence-electron chi connectivity index (χ2n) is 7.61. The van der Waals surface area contributed by atoms with Crippen LogP contribution in [0.2, 0.25) is 0 Å². The highest BCUT2D eigenvalue weighted by atomic mass is 16.6. The summed E-state index contributed by atoms with van der Waals surface area (Å²) in [7, 11) is 0. The monoisotopic (exact) mass is 271 g/mol. The lowest BCUT2D eigenvalue weighted by Crippen LogP contribution is -2.52. The fourth-order valence-corrected chi connectivity index (χ4v) is 2.47. The third kappa shape index (κ3) is 4.68. The van der Waals surface area contributed by atoms with Crippen LogP contribution in [0.25, 0.3) is 0 Å². The first-order chi connectivity index (χ1) is 8.54. The highest BCUT2D eigenvalue weighted by molar-refractivity contribution is 5.68. The van der Waals surface area contributed by atoms with Crippen LogP contribution >= 0.6 is 0 Å². The summed E-state index contributed by atoms with van der Waals surface area (Å²) < 4.78 is 5.45. The third-order valence-corrected chi connectivity index (χ3v) is 3.77. The molecule has 0 aliphatic carbocycles. The van der Waals surface area contributed by atoms with Gasteiger partial charge >= 0.3 is 6.09 Å². The summed E-state index contributed by atoms with van der Waals surface area (Å²) >= 11 is 0. The topological polar surface area (TPSA) is 49.8 Å². The number of piperidine rings is 1. The number of carbonyl (C=O) groups excluding carboxylic acids is 1. The molecule has 1 heterocycles. The van der Waals surface area contributed by atoms with E-state index in [1.54, 1.807) is 4.90 Å². The minimum absolute atomic E-state index is 0.0100. The van der Waals surface area contributed by atoms with E-state index in [0.717, 1.165) is 12.8 Å². The van der Waals surface area contributed by atoms with Gasteiger partial charge in [-0.05, 0) is 44.9 Å². The van der Waals surface area contributed by atoms with Gasteiger partial charge in [0.05, 0.1) is 12.6 Å². The van der Waals surface area contributed by atoms with Gasteiger partial charge in [-0.25, -0.2) is 4.79 Å². The first-order valence-corrected chi connectivity index (χ1v) is 7.15. The lowest BCUT2D eigenvalue weighted by molar-refractivity contribution is -0.0169. The number of ether oxygens (including phenoxy) is 1. The second-order valence-corrected chi connectivity index (χ2v) is 7.61. The van der Waals surface area contributed by atoms with E-state index in [9.17, 15) is 9.90 Å². The Morgan fingerprint density at radius 1 is 1.21 bits per heavy atom. The van der Waals surface area contributed by atoms with E-state index >= 15 is 0 Å². The second kappa shape index (κ2) is 5.70. The van der Waals surface area contributed by atoms with Crippen molar-refractivity contribution < 1.29 is 14.6 Å². The number of amides is 1. The lowest BCUT2D eigenvalue weighted by Gasteiger charge is -2.43. The molecule has 19 heavy (non-hydrogen) atoms. The zero-order chi connectivity index (χ0) is 14.8. The molecule has 1 amide bonds. The Labute approximate surface area is 117 Å². The summed E-state index contributed by atoms with van der Waals surface area (Å²) in [5.74, 6) is 0.447. The highest BCUT2D eigenvalue weighted by Crippen LogP contribution is 2.35.